The molecule has 1 aromatic carbocycles. The summed E-state index contributed by atoms with van der Waals surface area (Å²) in [6, 6.07) is 1.24. The summed E-state index contributed by atoms with van der Waals surface area (Å²) in [5.41, 5.74) is -0.396. The van der Waals surface area contributed by atoms with Crippen molar-refractivity contribution in [2.45, 2.75) is 39.2 Å². The van der Waals surface area contributed by atoms with Crippen LogP contribution < -0.4 is 0 Å². The second-order valence-corrected chi connectivity index (χ2v) is 5.91. The predicted octanol–water partition coefficient (Wildman–Crippen LogP) is 4.21. The SMILES string of the molecule is CC1CC(C)CC(C(O)c2c(F)cc(F)cc2F)C1. The van der Waals surface area contributed by atoms with Crippen LogP contribution >= 0.6 is 0 Å². The fraction of sp³-hybridized carbons (Fsp3) is 0.600. The second-order valence-electron chi connectivity index (χ2n) is 5.91. The fourth-order valence-corrected chi connectivity index (χ4v) is 3.34. The van der Waals surface area contributed by atoms with Gasteiger partial charge in [-0.25, -0.2) is 13.2 Å². The molecule has 0 aromatic heterocycles. The highest BCUT2D eigenvalue weighted by molar-refractivity contribution is 5.23. The molecule has 0 bridgehead atoms. The normalized spacial score (nSPS) is 29.3. The van der Waals surface area contributed by atoms with Crippen LogP contribution in [0.1, 0.15) is 44.8 Å². The molecule has 4 heteroatoms. The number of rotatable bonds is 2. The van der Waals surface area contributed by atoms with Gasteiger partial charge in [-0.2, -0.15) is 0 Å². The maximum atomic E-state index is 13.7. The van der Waals surface area contributed by atoms with Gasteiger partial charge >= 0.3 is 0 Å². The van der Waals surface area contributed by atoms with E-state index in [1.54, 1.807) is 0 Å². The van der Waals surface area contributed by atoms with Crippen molar-refractivity contribution < 1.29 is 18.3 Å². The number of halogens is 3. The van der Waals surface area contributed by atoms with Crippen LogP contribution in [0.25, 0.3) is 0 Å². The van der Waals surface area contributed by atoms with Crippen LogP contribution in [0, 0.1) is 35.2 Å². The summed E-state index contributed by atoms with van der Waals surface area (Å²) in [7, 11) is 0. The Morgan fingerprint density at radius 3 is 1.95 bits per heavy atom. The van der Waals surface area contributed by atoms with Gasteiger partial charge in [0.2, 0.25) is 0 Å². The van der Waals surface area contributed by atoms with E-state index in [-0.39, 0.29) is 5.92 Å². The highest BCUT2D eigenvalue weighted by atomic mass is 19.1. The first-order valence-corrected chi connectivity index (χ1v) is 6.71. The van der Waals surface area contributed by atoms with Gasteiger partial charge in [-0.1, -0.05) is 13.8 Å². The minimum Gasteiger partial charge on any atom is -0.388 e. The Morgan fingerprint density at radius 2 is 1.47 bits per heavy atom. The molecule has 3 unspecified atom stereocenters. The second kappa shape index (κ2) is 5.53. The van der Waals surface area contributed by atoms with Gasteiger partial charge in [0.05, 0.1) is 11.7 Å². The first-order valence-electron chi connectivity index (χ1n) is 6.71. The molecule has 1 aromatic rings. The third-order valence-electron chi connectivity index (χ3n) is 4.00. The number of aliphatic hydroxyl groups is 1. The van der Waals surface area contributed by atoms with Crippen LogP contribution in [-0.4, -0.2) is 5.11 Å². The van der Waals surface area contributed by atoms with Crippen molar-refractivity contribution in [2.75, 3.05) is 0 Å². The lowest BCUT2D eigenvalue weighted by atomic mass is 9.73. The maximum absolute atomic E-state index is 13.7. The largest absolute Gasteiger partial charge is 0.388 e. The lowest BCUT2D eigenvalue weighted by Gasteiger charge is -2.34. The summed E-state index contributed by atoms with van der Waals surface area (Å²) in [6.45, 7) is 4.15. The minimum absolute atomic E-state index is 0.173. The van der Waals surface area contributed by atoms with Gasteiger partial charge in [-0.3, -0.25) is 0 Å². The molecular formula is C15H19F3O. The molecule has 0 aliphatic heterocycles. The van der Waals surface area contributed by atoms with Crippen molar-refractivity contribution >= 4 is 0 Å². The lowest BCUT2D eigenvalue weighted by molar-refractivity contribution is 0.0498. The monoisotopic (exact) mass is 272 g/mol. The topological polar surface area (TPSA) is 20.2 Å². The summed E-state index contributed by atoms with van der Waals surface area (Å²) < 4.78 is 40.2. The molecule has 1 fully saturated rings. The molecule has 1 aliphatic carbocycles. The standard InChI is InChI=1S/C15H19F3O/c1-8-3-9(2)5-10(4-8)15(19)14-12(17)6-11(16)7-13(14)18/h6-10,15,19H,3-5H2,1-2H3. The third kappa shape index (κ3) is 3.11. The molecule has 1 N–H and O–H groups in total. The van der Waals surface area contributed by atoms with Crippen LogP contribution in [0.4, 0.5) is 13.2 Å². The number of aliphatic hydroxyl groups excluding tert-OH is 1. The Balaban J connectivity index is 2.26. The highest BCUT2D eigenvalue weighted by Gasteiger charge is 2.32. The van der Waals surface area contributed by atoms with Crippen molar-refractivity contribution in [3.8, 4) is 0 Å². The zero-order valence-corrected chi connectivity index (χ0v) is 11.2. The van der Waals surface area contributed by atoms with E-state index in [1.165, 1.54) is 0 Å². The van der Waals surface area contributed by atoms with Crippen LogP contribution in [0.3, 0.4) is 0 Å². The smallest absolute Gasteiger partial charge is 0.134 e. The van der Waals surface area contributed by atoms with Crippen LogP contribution in [0.15, 0.2) is 12.1 Å². The molecule has 0 radical (unpaired) electrons. The van der Waals surface area contributed by atoms with Crippen molar-refractivity contribution in [1.82, 2.24) is 0 Å². The first-order chi connectivity index (χ1) is 8.88. The van der Waals surface area contributed by atoms with Gasteiger partial charge in [0.1, 0.15) is 17.5 Å². The molecular weight excluding hydrogens is 253 g/mol. The van der Waals surface area contributed by atoms with E-state index in [4.69, 9.17) is 0 Å². The Bertz CT molecular complexity index is 428. The molecule has 1 aliphatic rings. The van der Waals surface area contributed by atoms with Crippen molar-refractivity contribution in [2.24, 2.45) is 17.8 Å². The third-order valence-corrected chi connectivity index (χ3v) is 4.00. The molecule has 19 heavy (non-hydrogen) atoms. The molecule has 106 valence electrons. The number of hydrogen-bond acceptors (Lipinski definition) is 1. The molecule has 0 heterocycles. The van der Waals surface area contributed by atoms with E-state index in [0.29, 0.717) is 24.0 Å². The van der Waals surface area contributed by atoms with E-state index in [0.717, 1.165) is 19.3 Å². The van der Waals surface area contributed by atoms with Crippen molar-refractivity contribution in [3.63, 3.8) is 0 Å². The molecule has 0 amide bonds. The summed E-state index contributed by atoms with van der Waals surface area (Å²) in [5.74, 6) is -2.29. The van der Waals surface area contributed by atoms with E-state index in [9.17, 15) is 18.3 Å². The molecule has 2 rings (SSSR count). The Morgan fingerprint density at radius 1 is 1.00 bits per heavy atom. The predicted molar refractivity (Wildman–Crippen MR) is 66.9 cm³/mol. The Kier molecular flexibility index (Phi) is 4.19. The average Bonchev–Trinajstić information content (AvgIpc) is 2.25. The van der Waals surface area contributed by atoms with Gasteiger partial charge in [0.25, 0.3) is 0 Å². The quantitative estimate of drug-likeness (QED) is 0.855. The molecule has 1 saturated carbocycles. The van der Waals surface area contributed by atoms with E-state index in [2.05, 4.69) is 13.8 Å². The Hall–Kier alpha value is -1.03. The van der Waals surface area contributed by atoms with Crippen LogP contribution in [-0.2, 0) is 0 Å². The number of hydrogen-bond donors (Lipinski definition) is 1. The van der Waals surface area contributed by atoms with Gasteiger partial charge in [-0.05, 0) is 37.0 Å². The summed E-state index contributed by atoms with van der Waals surface area (Å²) in [4.78, 5) is 0. The number of benzene rings is 1. The molecule has 0 saturated heterocycles. The summed E-state index contributed by atoms with van der Waals surface area (Å²) >= 11 is 0. The summed E-state index contributed by atoms with van der Waals surface area (Å²) in [5, 5.41) is 10.2. The van der Waals surface area contributed by atoms with Crippen molar-refractivity contribution in [1.29, 1.82) is 0 Å². The Labute approximate surface area is 111 Å². The minimum atomic E-state index is -1.20. The van der Waals surface area contributed by atoms with Gasteiger partial charge in [0, 0.05) is 12.1 Å². The summed E-state index contributed by atoms with van der Waals surface area (Å²) in [6.07, 6.45) is 1.34. The molecule has 1 nitrogen and oxygen atoms in total. The zero-order valence-electron chi connectivity index (χ0n) is 11.2. The molecule has 3 atom stereocenters. The van der Waals surface area contributed by atoms with Gasteiger partial charge in [0.15, 0.2) is 0 Å². The maximum Gasteiger partial charge on any atom is 0.134 e. The van der Waals surface area contributed by atoms with Crippen molar-refractivity contribution in [3.05, 3.63) is 35.1 Å². The average molecular weight is 272 g/mol. The van der Waals surface area contributed by atoms with Crippen LogP contribution in [0.5, 0.6) is 0 Å². The van der Waals surface area contributed by atoms with E-state index >= 15 is 0 Å². The zero-order chi connectivity index (χ0) is 14.2. The lowest BCUT2D eigenvalue weighted by Crippen LogP contribution is -2.25. The fourth-order valence-electron chi connectivity index (χ4n) is 3.34. The van der Waals surface area contributed by atoms with Gasteiger partial charge < -0.3 is 5.11 Å². The molecule has 0 spiro atoms. The van der Waals surface area contributed by atoms with Gasteiger partial charge in [-0.15, -0.1) is 0 Å². The highest BCUT2D eigenvalue weighted by Crippen LogP contribution is 2.41. The van der Waals surface area contributed by atoms with E-state index < -0.39 is 29.1 Å². The van der Waals surface area contributed by atoms with E-state index in [1.807, 2.05) is 0 Å². The first kappa shape index (κ1) is 14.4. The van der Waals surface area contributed by atoms with Crippen LogP contribution in [0.2, 0.25) is 0 Å².